The van der Waals surface area contributed by atoms with Crippen LogP contribution in [0.25, 0.3) is 21.7 Å². The average Bonchev–Trinajstić information content (AvgIpc) is 3.36. The highest BCUT2D eigenvalue weighted by Gasteiger charge is 2.22. The smallest absolute Gasteiger partial charge is 0.124 e. The zero-order chi connectivity index (χ0) is 17.6. The molecule has 1 aromatic heterocycles. The fraction of sp³-hybridized carbons (Fsp3) is 0.381. The highest BCUT2D eigenvalue weighted by atomic mass is 16.5. The van der Waals surface area contributed by atoms with Crippen molar-refractivity contribution >= 4 is 21.7 Å². The molecule has 0 spiro atoms. The van der Waals surface area contributed by atoms with Gasteiger partial charge in [0, 0.05) is 28.3 Å². The van der Waals surface area contributed by atoms with Gasteiger partial charge in [0.1, 0.15) is 11.5 Å². The Labute approximate surface area is 147 Å². The van der Waals surface area contributed by atoms with Crippen molar-refractivity contribution in [2.24, 2.45) is 5.92 Å². The topological polar surface area (TPSA) is 62.6 Å². The molecule has 4 rings (SSSR count). The van der Waals surface area contributed by atoms with Crippen LogP contribution in [0.15, 0.2) is 36.4 Å². The lowest BCUT2D eigenvalue weighted by molar-refractivity contribution is 0.0800. The molecule has 0 bridgehead atoms. The lowest BCUT2D eigenvalue weighted by atomic mass is 10.0. The Balaban J connectivity index is 1.81. The van der Waals surface area contributed by atoms with Gasteiger partial charge >= 0.3 is 0 Å². The molecule has 130 valence electrons. The van der Waals surface area contributed by atoms with E-state index in [1.807, 2.05) is 30.3 Å². The molecule has 0 unspecified atom stereocenters. The molecule has 4 nitrogen and oxygen atoms in total. The first-order chi connectivity index (χ1) is 11.9. The van der Waals surface area contributed by atoms with E-state index in [-0.39, 0.29) is 5.75 Å². The number of pyridine rings is 1. The molecule has 0 amide bonds. The molecule has 1 aliphatic rings. The number of hydrogen-bond acceptors (Lipinski definition) is 4. The molecule has 3 aromatic rings. The average molecular weight is 337 g/mol. The number of aromatic hydroxyl groups is 1. The number of ether oxygens (including phenoxy) is 1. The van der Waals surface area contributed by atoms with E-state index in [4.69, 9.17) is 9.72 Å². The number of fused-ring (bicyclic) bond motifs is 3. The summed E-state index contributed by atoms with van der Waals surface area (Å²) < 4.78 is 5.89. The fourth-order valence-electron chi connectivity index (χ4n) is 3.14. The Bertz CT molecular complexity index is 939. The molecule has 1 heterocycles. The van der Waals surface area contributed by atoms with Crippen molar-refractivity contribution in [2.75, 3.05) is 6.61 Å². The minimum Gasteiger partial charge on any atom is -0.507 e. The van der Waals surface area contributed by atoms with Gasteiger partial charge in [-0.05, 0) is 62.9 Å². The lowest BCUT2D eigenvalue weighted by Crippen LogP contribution is -2.22. The monoisotopic (exact) mass is 337 g/mol. The van der Waals surface area contributed by atoms with E-state index in [1.165, 1.54) is 12.8 Å². The predicted octanol–water partition coefficient (Wildman–Crippen LogP) is 4.20. The second-order valence-corrected chi connectivity index (χ2v) is 7.72. The summed E-state index contributed by atoms with van der Waals surface area (Å²) in [5, 5.41) is 22.9. The molecular weight excluding hydrogens is 314 g/mol. The summed E-state index contributed by atoms with van der Waals surface area (Å²) in [6, 6.07) is 11.3. The molecule has 25 heavy (non-hydrogen) atoms. The summed E-state index contributed by atoms with van der Waals surface area (Å²) >= 11 is 0. The summed E-state index contributed by atoms with van der Waals surface area (Å²) in [7, 11) is 0. The summed E-state index contributed by atoms with van der Waals surface area (Å²) in [6.07, 6.45) is 2.97. The molecular formula is C21H23NO3. The first-order valence-corrected chi connectivity index (χ1v) is 8.80. The molecule has 0 atom stereocenters. The van der Waals surface area contributed by atoms with Gasteiger partial charge in [-0.3, -0.25) is 4.98 Å². The minimum absolute atomic E-state index is 0.244. The van der Waals surface area contributed by atoms with Crippen LogP contribution in [0.4, 0.5) is 0 Å². The highest BCUT2D eigenvalue weighted by Crippen LogP contribution is 2.35. The number of aliphatic hydroxyl groups is 1. The SMILES string of the molecule is CC(C)(O)Cc1ccc2cc(O)c3ccc(OCC4CC4)cc3c2n1. The van der Waals surface area contributed by atoms with Crippen molar-refractivity contribution in [3.63, 3.8) is 0 Å². The van der Waals surface area contributed by atoms with Gasteiger partial charge in [-0.2, -0.15) is 0 Å². The van der Waals surface area contributed by atoms with Gasteiger partial charge in [0.25, 0.3) is 0 Å². The second-order valence-electron chi connectivity index (χ2n) is 7.72. The van der Waals surface area contributed by atoms with Gasteiger partial charge in [0.15, 0.2) is 0 Å². The molecule has 0 aliphatic heterocycles. The normalized spacial score (nSPS) is 15.0. The van der Waals surface area contributed by atoms with Crippen LogP contribution in [0.2, 0.25) is 0 Å². The van der Waals surface area contributed by atoms with Crippen LogP contribution in [-0.2, 0) is 6.42 Å². The maximum Gasteiger partial charge on any atom is 0.124 e. The van der Waals surface area contributed by atoms with Crippen LogP contribution in [0.5, 0.6) is 11.5 Å². The largest absolute Gasteiger partial charge is 0.507 e. The van der Waals surface area contributed by atoms with Crippen molar-refractivity contribution < 1.29 is 14.9 Å². The number of benzene rings is 2. The van der Waals surface area contributed by atoms with Crippen LogP contribution < -0.4 is 4.74 Å². The van der Waals surface area contributed by atoms with Crippen LogP contribution in [-0.4, -0.2) is 27.4 Å². The Kier molecular flexibility index (Phi) is 3.80. The van der Waals surface area contributed by atoms with Crippen LogP contribution in [0.1, 0.15) is 32.4 Å². The van der Waals surface area contributed by atoms with Gasteiger partial charge in [-0.1, -0.05) is 6.07 Å². The Morgan fingerprint density at radius 2 is 1.92 bits per heavy atom. The maximum atomic E-state index is 10.3. The Hall–Kier alpha value is -2.33. The van der Waals surface area contributed by atoms with E-state index in [9.17, 15) is 10.2 Å². The van der Waals surface area contributed by atoms with Crippen molar-refractivity contribution in [1.29, 1.82) is 0 Å². The number of phenols is 1. The minimum atomic E-state index is -0.814. The zero-order valence-electron chi connectivity index (χ0n) is 14.6. The van der Waals surface area contributed by atoms with Crippen molar-refractivity contribution in [3.05, 3.63) is 42.1 Å². The quantitative estimate of drug-likeness (QED) is 0.685. The number of aromatic nitrogens is 1. The summed E-state index contributed by atoms with van der Waals surface area (Å²) in [6.45, 7) is 4.30. The van der Waals surface area contributed by atoms with E-state index >= 15 is 0 Å². The third-order valence-corrected chi connectivity index (χ3v) is 4.59. The molecule has 2 N–H and O–H groups in total. The van der Waals surface area contributed by atoms with Crippen molar-refractivity contribution in [2.45, 2.75) is 38.7 Å². The fourth-order valence-corrected chi connectivity index (χ4v) is 3.14. The summed E-state index contributed by atoms with van der Waals surface area (Å²) in [5.41, 5.74) is 0.842. The van der Waals surface area contributed by atoms with Gasteiger partial charge in [-0.25, -0.2) is 0 Å². The molecule has 4 heteroatoms. The van der Waals surface area contributed by atoms with E-state index < -0.39 is 5.60 Å². The molecule has 1 aliphatic carbocycles. The highest BCUT2D eigenvalue weighted by molar-refractivity contribution is 6.08. The number of hydrogen-bond donors (Lipinski definition) is 2. The number of rotatable bonds is 5. The zero-order valence-corrected chi connectivity index (χ0v) is 14.6. The van der Waals surface area contributed by atoms with Crippen molar-refractivity contribution in [3.8, 4) is 11.5 Å². The molecule has 1 fully saturated rings. The molecule has 0 saturated heterocycles. The lowest BCUT2D eigenvalue weighted by Gasteiger charge is -2.17. The van der Waals surface area contributed by atoms with Crippen LogP contribution >= 0.6 is 0 Å². The van der Waals surface area contributed by atoms with Crippen molar-refractivity contribution in [1.82, 2.24) is 4.98 Å². The molecule has 1 saturated carbocycles. The first kappa shape index (κ1) is 16.2. The maximum absolute atomic E-state index is 10.3. The predicted molar refractivity (Wildman–Crippen MR) is 99.1 cm³/mol. The van der Waals surface area contributed by atoms with Gasteiger partial charge in [0.05, 0.1) is 17.7 Å². The summed E-state index contributed by atoms with van der Waals surface area (Å²) in [4.78, 5) is 4.75. The van der Waals surface area contributed by atoms with Gasteiger partial charge < -0.3 is 14.9 Å². The van der Waals surface area contributed by atoms with Crippen LogP contribution in [0.3, 0.4) is 0 Å². The van der Waals surface area contributed by atoms with Gasteiger partial charge in [-0.15, -0.1) is 0 Å². The molecule has 2 aromatic carbocycles. The van der Waals surface area contributed by atoms with E-state index in [0.29, 0.717) is 12.3 Å². The second kappa shape index (κ2) is 5.88. The van der Waals surface area contributed by atoms with E-state index in [2.05, 4.69) is 0 Å². The van der Waals surface area contributed by atoms with E-state index in [1.54, 1.807) is 19.9 Å². The number of nitrogens with zero attached hydrogens (tertiary/aromatic N) is 1. The standard InChI is InChI=1S/C21H23NO3/c1-21(2,24)11-15-6-5-14-9-19(23)17-8-7-16(25-12-13-3-4-13)10-18(17)20(14)22-15/h5-10,13,23-24H,3-4,11-12H2,1-2H3. The summed E-state index contributed by atoms with van der Waals surface area (Å²) in [5.74, 6) is 1.74. The third-order valence-electron chi connectivity index (χ3n) is 4.59. The first-order valence-electron chi connectivity index (χ1n) is 8.80. The Morgan fingerprint density at radius 1 is 1.12 bits per heavy atom. The van der Waals surface area contributed by atoms with Gasteiger partial charge in [0.2, 0.25) is 0 Å². The van der Waals surface area contributed by atoms with E-state index in [0.717, 1.165) is 39.7 Å². The third kappa shape index (κ3) is 3.54. The number of phenolic OH excluding ortho intramolecular Hbond substituents is 1. The molecule has 0 radical (unpaired) electrons. The van der Waals surface area contributed by atoms with Crippen LogP contribution in [0, 0.1) is 5.92 Å². The Morgan fingerprint density at radius 3 is 2.64 bits per heavy atom.